The Hall–Kier alpha value is -0.570. The first-order chi connectivity index (χ1) is 6.74. The summed E-state index contributed by atoms with van der Waals surface area (Å²) in [4.78, 5) is 22.2. The molecule has 1 N–H and O–H groups in total. The average Bonchev–Trinajstić information content (AvgIpc) is 1.99. The average molecular weight is 234 g/mol. The molecule has 0 saturated heterocycles. The van der Waals surface area contributed by atoms with E-state index in [1.807, 2.05) is 0 Å². The molecule has 1 amide bonds. The van der Waals surface area contributed by atoms with Gasteiger partial charge >= 0.3 is 0 Å². The van der Waals surface area contributed by atoms with Gasteiger partial charge in [-0.25, -0.2) is 0 Å². The molecular weight excluding hydrogens is 214 g/mol. The van der Waals surface area contributed by atoms with Gasteiger partial charge in [0.1, 0.15) is 5.78 Å². The van der Waals surface area contributed by atoms with Gasteiger partial charge in [-0.2, -0.15) is 0 Å². The fraction of sp³-hybridized carbons (Fsp3) is 0.818. The minimum atomic E-state index is -0.105. The number of halogens is 1. The molecule has 0 aromatic carbocycles. The first-order valence-electron chi connectivity index (χ1n) is 5.09. The molecule has 3 nitrogen and oxygen atoms in total. The van der Waals surface area contributed by atoms with Gasteiger partial charge in [-0.1, -0.05) is 20.8 Å². The smallest absolute Gasteiger partial charge is 0.217 e. The molecule has 0 radical (unpaired) electrons. The minimum Gasteiger partial charge on any atom is -0.353 e. The quantitative estimate of drug-likeness (QED) is 0.740. The lowest BCUT2D eigenvalue weighted by Gasteiger charge is -2.25. The van der Waals surface area contributed by atoms with Gasteiger partial charge in [-0.15, -0.1) is 11.6 Å². The maximum absolute atomic E-state index is 11.2. The van der Waals surface area contributed by atoms with Crippen molar-refractivity contribution in [3.63, 3.8) is 0 Å². The van der Waals surface area contributed by atoms with Crippen LogP contribution in [0.15, 0.2) is 0 Å². The number of ketones is 1. The number of hydrogen-bond donors (Lipinski definition) is 1. The van der Waals surface area contributed by atoms with Gasteiger partial charge in [0.05, 0.1) is 5.88 Å². The summed E-state index contributed by atoms with van der Waals surface area (Å²) in [6.45, 7) is 7.69. The number of hydrogen-bond acceptors (Lipinski definition) is 2. The predicted octanol–water partition coefficient (Wildman–Crippen LogP) is 2.13. The molecule has 4 heteroatoms. The van der Waals surface area contributed by atoms with Crippen LogP contribution in [0.3, 0.4) is 0 Å². The Kier molecular flexibility index (Phi) is 5.88. The predicted molar refractivity (Wildman–Crippen MR) is 62.0 cm³/mol. The highest BCUT2D eigenvalue weighted by Crippen LogP contribution is 2.22. The van der Waals surface area contributed by atoms with E-state index in [1.54, 1.807) is 0 Å². The largest absolute Gasteiger partial charge is 0.353 e. The lowest BCUT2D eigenvalue weighted by atomic mass is 9.86. The summed E-state index contributed by atoms with van der Waals surface area (Å²) in [6.07, 6.45) is 1.09. The van der Waals surface area contributed by atoms with Crippen molar-refractivity contribution in [1.82, 2.24) is 5.32 Å². The Labute approximate surface area is 96.6 Å². The summed E-state index contributed by atoms with van der Waals surface area (Å²) in [7, 11) is 0. The van der Waals surface area contributed by atoms with Gasteiger partial charge in [0, 0.05) is 19.4 Å². The summed E-state index contributed by atoms with van der Waals surface area (Å²) in [5.41, 5.74) is 0.0830. The lowest BCUT2D eigenvalue weighted by Crippen LogP contribution is -2.38. The van der Waals surface area contributed by atoms with Gasteiger partial charge in [0.15, 0.2) is 0 Å². The summed E-state index contributed by atoms with van der Waals surface area (Å²) >= 11 is 5.44. The maximum Gasteiger partial charge on any atom is 0.217 e. The van der Waals surface area contributed by atoms with Crippen molar-refractivity contribution in [3.8, 4) is 0 Å². The van der Waals surface area contributed by atoms with E-state index < -0.39 is 0 Å². The van der Waals surface area contributed by atoms with E-state index in [1.165, 1.54) is 6.92 Å². The Morgan fingerprint density at radius 3 is 2.20 bits per heavy atom. The SMILES string of the molecule is CC(=O)NC(CC(=O)CCl)CC(C)(C)C. The number of alkyl halides is 1. The Bertz CT molecular complexity index is 233. The zero-order valence-electron chi connectivity index (χ0n) is 9.89. The van der Waals surface area contributed by atoms with Crippen molar-refractivity contribution in [2.75, 3.05) is 5.88 Å². The molecule has 0 aromatic heterocycles. The molecule has 0 aliphatic rings. The number of amides is 1. The molecule has 0 rings (SSSR count). The zero-order valence-corrected chi connectivity index (χ0v) is 10.6. The molecule has 88 valence electrons. The molecular formula is C11H20ClNO2. The van der Waals surface area contributed by atoms with Crippen molar-refractivity contribution in [1.29, 1.82) is 0 Å². The van der Waals surface area contributed by atoms with E-state index in [0.29, 0.717) is 6.42 Å². The second-order valence-corrected chi connectivity index (χ2v) is 5.31. The van der Waals surface area contributed by atoms with Gasteiger partial charge < -0.3 is 5.32 Å². The summed E-state index contributed by atoms with van der Waals surface area (Å²) in [6, 6.07) is -0.103. The number of carbonyl (C=O) groups is 2. The molecule has 0 spiro atoms. The normalized spacial score (nSPS) is 13.4. The second kappa shape index (κ2) is 6.11. The molecule has 0 aromatic rings. The molecule has 1 atom stereocenters. The molecule has 0 fully saturated rings. The molecule has 0 bridgehead atoms. The third-order valence-electron chi connectivity index (χ3n) is 1.89. The number of rotatable bonds is 5. The van der Waals surface area contributed by atoms with E-state index in [9.17, 15) is 9.59 Å². The van der Waals surface area contributed by atoms with Crippen molar-refractivity contribution in [2.45, 2.75) is 46.6 Å². The van der Waals surface area contributed by atoms with Crippen LogP contribution in [-0.4, -0.2) is 23.6 Å². The van der Waals surface area contributed by atoms with Gasteiger partial charge in [-0.3, -0.25) is 9.59 Å². The van der Waals surface area contributed by atoms with E-state index in [2.05, 4.69) is 26.1 Å². The first-order valence-corrected chi connectivity index (χ1v) is 5.63. The van der Waals surface area contributed by atoms with E-state index in [0.717, 1.165) is 6.42 Å². The number of carbonyl (C=O) groups excluding carboxylic acids is 2. The fourth-order valence-electron chi connectivity index (χ4n) is 1.53. The second-order valence-electron chi connectivity index (χ2n) is 5.04. The van der Waals surface area contributed by atoms with Gasteiger partial charge in [0.2, 0.25) is 5.91 Å². The summed E-state index contributed by atoms with van der Waals surface area (Å²) in [5, 5.41) is 2.78. The van der Waals surface area contributed by atoms with Crippen molar-refractivity contribution in [3.05, 3.63) is 0 Å². The molecule has 15 heavy (non-hydrogen) atoms. The highest BCUT2D eigenvalue weighted by Gasteiger charge is 2.21. The van der Waals surface area contributed by atoms with Crippen molar-refractivity contribution in [2.24, 2.45) is 5.41 Å². The number of nitrogens with one attached hydrogen (secondary N) is 1. The van der Waals surface area contributed by atoms with Gasteiger partial charge in [-0.05, 0) is 11.8 Å². The van der Waals surface area contributed by atoms with Crippen LogP contribution in [-0.2, 0) is 9.59 Å². The molecule has 1 unspecified atom stereocenters. The van der Waals surface area contributed by atoms with Crippen LogP contribution in [0.2, 0.25) is 0 Å². The van der Waals surface area contributed by atoms with Crippen LogP contribution >= 0.6 is 11.6 Å². The first kappa shape index (κ1) is 14.4. The van der Waals surface area contributed by atoms with E-state index >= 15 is 0 Å². The van der Waals surface area contributed by atoms with Crippen molar-refractivity contribution < 1.29 is 9.59 Å². The minimum absolute atomic E-state index is 0.0141. The topological polar surface area (TPSA) is 46.2 Å². The highest BCUT2D eigenvalue weighted by molar-refractivity contribution is 6.27. The monoisotopic (exact) mass is 233 g/mol. The third kappa shape index (κ3) is 8.43. The zero-order chi connectivity index (χ0) is 12.1. The van der Waals surface area contributed by atoms with Crippen LogP contribution in [0.25, 0.3) is 0 Å². The van der Waals surface area contributed by atoms with Crippen LogP contribution in [0, 0.1) is 5.41 Å². The maximum atomic E-state index is 11.2. The van der Waals surface area contributed by atoms with Gasteiger partial charge in [0.25, 0.3) is 0 Å². The Balaban J connectivity index is 4.31. The van der Waals surface area contributed by atoms with E-state index in [-0.39, 0.29) is 29.0 Å². The fourth-order valence-corrected chi connectivity index (χ4v) is 1.64. The Morgan fingerprint density at radius 2 is 1.87 bits per heavy atom. The number of Topliss-reactive ketones (excluding diaryl/α,β-unsaturated/α-hetero) is 1. The molecule has 0 aliphatic carbocycles. The van der Waals surface area contributed by atoms with E-state index in [4.69, 9.17) is 11.6 Å². The van der Waals surface area contributed by atoms with Crippen LogP contribution in [0.1, 0.15) is 40.5 Å². The van der Waals surface area contributed by atoms with Crippen molar-refractivity contribution >= 4 is 23.3 Å². The Morgan fingerprint density at radius 1 is 1.33 bits per heavy atom. The lowest BCUT2D eigenvalue weighted by molar-refractivity contribution is -0.120. The van der Waals surface area contributed by atoms with Crippen LogP contribution in [0.4, 0.5) is 0 Å². The molecule has 0 saturated carbocycles. The van der Waals surface area contributed by atoms with Crippen LogP contribution < -0.4 is 5.32 Å². The standard InChI is InChI=1S/C11H20ClNO2/c1-8(14)13-9(5-10(15)7-12)6-11(2,3)4/h9H,5-7H2,1-4H3,(H,13,14). The summed E-state index contributed by atoms with van der Waals surface area (Å²) in [5.74, 6) is -0.119. The molecule has 0 heterocycles. The summed E-state index contributed by atoms with van der Waals surface area (Å²) < 4.78 is 0. The highest BCUT2D eigenvalue weighted by atomic mass is 35.5. The third-order valence-corrected chi connectivity index (χ3v) is 2.19. The molecule has 0 aliphatic heterocycles. The van der Waals surface area contributed by atoms with Crippen LogP contribution in [0.5, 0.6) is 0 Å².